The zero-order valence-corrected chi connectivity index (χ0v) is 19.0. The van der Waals surface area contributed by atoms with E-state index in [1.807, 2.05) is 11.4 Å². The molecular formula is C21H18N5O5PS. The topological polar surface area (TPSA) is 145 Å². The summed E-state index contributed by atoms with van der Waals surface area (Å²) < 4.78 is 29.3. The summed E-state index contributed by atoms with van der Waals surface area (Å²) in [7, 11) is -2.50. The molecule has 4 heterocycles. The summed E-state index contributed by atoms with van der Waals surface area (Å²) in [6.45, 7) is 0.101. The molecule has 10 nitrogen and oxygen atoms in total. The fourth-order valence-corrected chi connectivity index (χ4v) is 5.75. The number of aromatic nitrogens is 2. The molecule has 168 valence electrons. The molecule has 12 heteroatoms. The molecule has 1 aliphatic rings. The number of hydrogen-bond donors (Lipinski definition) is 3. The normalized spacial score (nSPS) is 17.3. The number of thiophene rings is 1. The van der Waals surface area contributed by atoms with Gasteiger partial charge in [-0.25, -0.2) is 4.68 Å². The molecule has 1 atom stereocenters. The minimum atomic E-state index is -3.77. The molecule has 1 aliphatic heterocycles. The highest BCUT2D eigenvalue weighted by Gasteiger charge is 2.35. The van der Waals surface area contributed by atoms with Crippen LogP contribution in [0.1, 0.15) is 11.1 Å². The number of benzene rings is 1. The summed E-state index contributed by atoms with van der Waals surface area (Å²) in [5, 5.41) is 20.6. The SMILES string of the molecule is COP1(=O)N=C(c2c(O)c(-c3cccs3)nn(Cc3ccoc3)c2=O)Nc2ccc(N)cc21. The standard InChI is InChI=1S/C21H18N5O5PS/c1-30-32(29)15-9-13(22)4-5-14(15)23-20(25-32)17-19(27)18(16-3-2-8-33-16)24-26(21(17)28)10-12-6-7-31-11-12/h2-9,11,27H,10,22H2,1H3,(H,23,25,29). The summed E-state index contributed by atoms with van der Waals surface area (Å²) in [5.41, 5.74) is 6.76. The Labute approximate surface area is 191 Å². The van der Waals surface area contributed by atoms with Gasteiger partial charge in [0.25, 0.3) is 5.56 Å². The number of nitrogens with two attached hydrogens (primary N) is 1. The third-order valence-corrected chi connectivity index (χ3v) is 7.91. The maximum Gasteiger partial charge on any atom is 0.348 e. The van der Waals surface area contributed by atoms with Gasteiger partial charge in [-0.1, -0.05) is 6.07 Å². The number of aromatic hydroxyl groups is 1. The summed E-state index contributed by atoms with van der Waals surface area (Å²) >= 11 is 1.35. The highest BCUT2D eigenvalue weighted by Crippen LogP contribution is 2.51. The average Bonchev–Trinajstić information content (AvgIpc) is 3.51. The zero-order chi connectivity index (χ0) is 23.2. The molecule has 1 unspecified atom stereocenters. The monoisotopic (exact) mass is 483 g/mol. The van der Waals surface area contributed by atoms with Crippen molar-refractivity contribution in [1.82, 2.24) is 9.78 Å². The molecule has 0 spiro atoms. The van der Waals surface area contributed by atoms with Crippen molar-refractivity contribution in [2.24, 2.45) is 4.76 Å². The predicted molar refractivity (Wildman–Crippen MR) is 127 cm³/mol. The highest BCUT2D eigenvalue weighted by atomic mass is 32.1. The third kappa shape index (κ3) is 3.66. The molecule has 0 amide bonds. The van der Waals surface area contributed by atoms with Crippen LogP contribution in [0.2, 0.25) is 0 Å². The molecule has 0 saturated carbocycles. The van der Waals surface area contributed by atoms with E-state index in [1.54, 1.807) is 24.3 Å². The smallest absolute Gasteiger partial charge is 0.348 e. The molecule has 0 fully saturated rings. The summed E-state index contributed by atoms with van der Waals surface area (Å²) in [6.07, 6.45) is 2.99. The lowest BCUT2D eigenvalue weighted by Crippen LogP contribution is -2.35. The van der Waals surface area contributed by atoms with Gasteiger partial charge in [0.15, 0.2) is 11.6 Å². The first-order chi connectivity index (χ1) is 15.9. The van der Waals surface area contributed by atoms with Gasteiger partial charge in [-0.2, -0.15) is 9.86 Å². The molecule has 4 N–H and O–H groups in total. The third-order valence-electron chi connectivity index (χ3n) is 5.09. The van der Waals surface area contributed by atoms with Crippen LogP contribution in [0, 0.1) is 0 Å². The van der Waals surface area contributed by atoms with Crippen LogP contribution in [-0.4, -0.2) is 27.8 Å². The van der Waals surface area contributed by atoms with E-state index in [4.69, 9.17) is 14.7 Å². The number of rotatable bonds is 5. The van der Waals surface area contributed by atoms with Gasteiger partial charge in [0.2, 0.25) is 0 Å². The van der Waals surface area contributed by atoms with Crippen molar-refractivity contribution in [1.29, 1.82) is 0 Å². The quantitative estimate of drug-likeness (QED) is 0.290. The molecule has 0 bridgehead atoms. The van der Waals surface area contributed by atoms with Crippen LogP contribution < -0.4 is 21.9 Å². The van der Waals surface area contributed by atoms with Crippen molar-refractivity contribution in [2.45, 2.75) is 6.54 Å². The molecular weight excluding hydrogens is 465 g/mol. The second kappa shape index (κ2) is 8.04. The molecule has 5 rings (SSSR count). The fourth-order valence-electron chi connectivity index (χ4n) is 3.50. The number of nitrogens with zero attached hydrogens (tertiary/aromatic N) is 3. The van der Waals surface area contributed by atoms with E-state index in [9.17, 15) is 14.5 Å². The average molecular weight is 483 g/mol. The van der Waals surface area contributed by atoms with Crippen molar-refractivity contribution >= 4 is 41.4 Å². The first kappa shape index (κ1) is 21.2. The van der Waals surface area contributed by atoms with E-state index in [1.165, 1.54) is 41.7 Å². The van der Waals surface area contributed by atoms with Crippen LogP contribution in [-0.2, 0) is 15.6 Å². The molecule has 1 aromatic carbocycles. The Morgan fingerprint density at radius 3 is 2.88 bits per heavy atom. The number of fused-ring (bicyclic) bond motifs is 1. The first-order valence-electron chi connectivity index (χ1n) is 9.72. The van der Waals surface area contributed by atoms with Gasteiger partial charge in [0.05, 0.1) is 34.9 Å². The number of hydrogen-bond acceptors (Lipinski definition) is 9. The molecule has 0 radical (unpaired) electrons. The van der Waals surface area contributed by atoms with Gasteiger partial charge in [-0.05, 0) is 35.7 Å². The molecule has 3 aromatic heterocycles. The van der Waals surface area contributed by atoms with E-state index in [0.29, 0.717) is 21.8 Å². The van der Waals surface area contributed by atoms with E-state index in [2.05, 4.69) is 15.2 Å². The van der Waals surface area contributed by atoms with Crippen LogP contribution in [0.5, 0.6) is 5.75 Å². The summed E-state index contributed by atoms with van der Waals surface area (Å²) in [6, 6.07) is 10.0. The minimum absolute atomic E-state index is 0.0823. The van der Waals surface area contributed by atoms with Crippen LogP contribution >= 0.6 is 18.9 Å². The Hall–Kier alpha value is -3.66. The van der Waals surface area contributed by atoms with Crippen LogP contribution in [0.3, 0.4) is 0 Å². The second-order valence-corrected chi connectivity index (χ2v) is 10.2. The molecule has 33 heavy (non-hydrogen) atoms. The van der Waals surface area contributed by atoms with Gasteiger partial charge in [0.1, 0.15) is 11.3 Å². The van der Waals surface area contributed by atoms with Gasteiger partial charge in [-0.15, -0.1) is 11.3 Å². The molecule has 4 aromatic rings. The Bertz CT molecular complexity index is 1480. The van der Waals surface area contributed by atoms with Crippen LogP contribution in [0.15, 0.2) is 68.3 Å². The van der Waals surface area contributed by atoms with Crippen molar-refractivity contribution in [3.8, 4) is 16.3 Å². The van der Waals surface area contributed by atoms with E-state index >= 15 is 0 Å². The fraction of sp³-hybridized carbons (Fsp3) is 0.0952. The maximum atomic E-state index is 13.5. The first-order valence-corrected chi connectivity index (χ1v) is 12.2. The van der Waals surface area contributed by atoms with Crippen LogP contribution in [0.25, 0.3) is 10.6 Å². The summed E-state index contributed by atoms with van der Waals surface area (Å²) in [4.78, 5) is 14.1. The highest BCUT2D eigenvalue weighted by molar-refractivity contribution is 7.66. The van der Waals surface area contributed by atoms with Gasteiger partial charge in [0, 0.05) is 18.4 Å². The minimum Gasteiger partial charge on any atom is -0.505 e. The maximum absolute atomic E-state index is 13.5. The lowest BCUT2D eigenvalue weighted by molar-refractivity contribution is 0.404. The summed E-state index contributed by atoms with van der Waals surface area (Å²) in [5.74, 6) is -0.459. The lowest BCUT2D eigenvalue weighted by atomic mass is 10.1. The Balaban J connectivity index is 1.74. The molecule has 0 saturated heterocycles. The van der Waals surface area contributed by atoms with Gasteiger partial charge < -0.3 is 25.1 Å². The van der Waals surface area contributed by atoms with Crippen molar-refractivity contribution in [2.75, 3.05) is 18.2 Å². The Morgan fingerprint density at radius 2 is 2.18 bits per heavy atom. The van der Waals surface area contributed by atoms with E-state index < -0.39 is 13.1 Å². The largest absolute Gasteiger partial charge is 0.505 e. The number of furan rings is 1. The van der Waals surface area contributed by atoms with E-state index in [-0.39, 0.29) is 34.7 Å². The number of amidine groups is 1. The van der Waals surface area contributed by atoms with Gasteiger partial charge in [-0.3, -0.25) is 9.36 Å². The van der Waals surface area contributed by atoms with Gasteiger partial charge >= 0.3 is 7.52 Å². The lowest BCUT2D eigenvalue weighted by Gasteiger charge is -2.24. The zero-order valence-electron chi connectivity index (χ0n) is 17.3. The van der Waals surface area contributed by atoms with Crippen molar-refractivity contribution in [3.05, 3.63) is 75.8 Å². The predicted octanol–water partition coefficient (Wildman–Crippen LogP) is 3.24. The molecule has 0 aliphatic carbocycles. The number of nitrogen functional groups attached to an aromatic ring is 1. The van der Waals surface area contributed by atoms with Crippen molar-refractivity contribution in [3.63, 3.8) is 0 Å². The Morgan fingerprint density at radius 1 is 1.33 bits per heavy atom. The number of nitrogens with one attached hydrogen (secondary N) is 1. The van der Waals surface area contributed by atoms with Crippen molar-refractivity contribution < 1.29 is 18.6 Å². The van der Waals surface area contributed by atoms with E-state index in [0.717, 1.165) is 0 Å². The Kier molecular flexibility index (Phi) is 5.16. The van der Waals surface area contributed by atoms with Crippen LogP contribution in [0.4, 0.5) is 11.4 Å². The number of anilines is 2. The second-order valence-electron chi connectivity index (χ2n) is 7.20.